The van der Waals surface area contributed by atoms with E-state index in [1.807, 2.05) is 11.9 Å². The van der Waals surface area contributed by atoms with Crippen molar-refractivity contribution in [3.63, 3.8) is 0 Å². The molecule has 0 radical (unpaired) electrons. The highest BCUT2D eigenvalue weighted by Gasteiger charge is 2.30. The van der Waals surface area contributed by atoms with E-state index in [4.69, 9.17) is 5.73 Å². The number of amides is 2. The summed E-state index contributed by atoms with van der Waals surface area (Å²) in [6.45, 7) is 4.52. The van der Waals surface area contributed by atoms with E-state index in [-0.39, 0.29) is 6.03 Å². The van der Waals surface area contributed by atoms with Crippen molar-refractivity contribution in [2.24, 2.45) is 5.73 Å². The zero-order valence-electron chi connectivity index (χ0n) is 9.20. The molecule has 1 atom stereocenters. The van der Waals surface area contributed by atoms with Crippen molar-refractivity contribution >= 4 is 6.03 Å². The minimum absolute atomic E-state index is 0.164. The Morgan fingerprint density at radius 1 is 1.43 bits per heavy atom. The van der Waals surface area contributed by atoms with Gasteiger partial charge in [-0.1, -0.05) is 13.3 Å². The van der Waals surface area contributed by atoms with Crippen LogP contribution in [0.2, 0.25) is 0 Å². The monoisotopic (exact) mass is 199 g/mol. The Labute approximate surface area is 86.0 Å². The summed E-state index contributed by atoms with van der Waals surface area (Å²) in [4.78, 5) is 15.5. The van der Waals surface area contributed by atoms with Crippen molar-refractivity contribution in [3.8, 4) is 0 Å². The molecule has 0 aromatic rings. The molecule has 2 amide bonds. The molecule has 1 aliphatic rings. The molecule has 4 heteroatoms. The lowest BCUT2D eigenvalue weighted by Gasteiger charge is -2.26. The Morgan fingerprint density at radius 2 is 2.14 bits per heavy atom. The topological polar surface area (TPSA) is 49.6 Å². The van der Waals surface area contributed by atoms with Crippen LogP contribution < -0.4 is 5.73 Å². The zero-order valence-corrected chi connectivity index (χ0v) is 9.20. The molecule has 1 unspecified atom stereocenters. The van der Waals surface area contributed by atoms with E-state index in [1.54, 1.807) is 4.90 Å². The summed E-state index contributed by atoms with van der Waals surface area (Å²) in [5.74, 6) is 0. The van der Waals surface area contributed by atoms with E-state index in [9.17, 15) is 4.79 Å². The van der Waals surface area contributed by atoms with Gasteiger partial charge in [-0.15, -0.1) is 0 Å². The highest BCUT2D eigenvalue weighted by Crippen LogP contribution is 2.16. The van der Waals surface area contributed by atoms with E-state index in [0.717, 1.165) is 32.4 Å². The lowest BCUT2D eigenvalue weighted by atomic mass is 10.1. The highest BCUT2D eigenvalue weighted by atomic mass is 16.2. The largest absolute Gasteiger partial charge is 0.330 e. The number of likely N-dealkylation sites (N-methyl/N-ethyl adjacent to an activating group) is 1. The van der Waals surface area contributed by atoms with Crippen molar-refractivity contribution in [2.45, 2.75) is 32.2 Å². The van der Waals surface area contributed by atoms with Crippen LogP contribution >= 0.6 is 0 Å². The van der Waals surface area contributed by atoms with Crippen LogP contribution in [-0.2, 0) is 0 Å². The molecule has 2 N–H and O–H groups in total. The number of nitrogens with zero attached hydrogens (tertiary/aromatic N) is 2. The lowest BCUT2D eigenvalue weighted by Crippen LogP contribution is -2.39. The molecule has 1 heterocycles. The van der Waals surface area contributed by atoms with Gasteiger partial charge in [0.2, 0.25) is 0 Å². The third-order valence-corrected chi connectivity index (χ3v) is 2.81. The third kappa shape index (κ3) is 2.38. The van der Waals surface area contributed by atoms with Crippen LogP contribution in [0.15, 0.2) is 0 Å². The molecule has 82 valence electrons. The van der Waals surface area contributed by atoms with E-state index in [1.165, 1.54) is 0 Å². The van der Waals surface area contributed by atoms with Gasteiger partial charge in [-0.2, -0.15) is 0 Å². The van der Waals surface area contributed by atoms with Crippen molar-refractivity contribution in [3.05, 3.63) is 0 Å². The fraction of sp³-hybridized carbons (Fsp3) is 0.900. The number of hydrogen-bond donors (Lipinski definition) is 1. The Bertz CT molecular complexity index is 190. The van der Waals surface area contributed by atoms with Crippen LogP contribution in [0.3, 0.4) is 0 Å². The minimum atomic E-state index is 0.164. The van der Waals surface area contributed by atoms with Crippen LogP contribution in [0.5, 0.6) is 0 Å². The van der Waals surface area contributed by atoms with Crippen molar-refractivity contribution in [1.82, 2.24) is 9.80 Å². The van der Waals surface area contributed by atoms with Crippen LogP contribution in [-0.4, -0.2) is 48.6 Å². The summed E-state index contributed by atoms with van der Waals surface area (Å²) >= 11 is 0. The number of urea groups is 1. The normalized spacial score (nSPS) is 19.2. The predicted molar refractivity (Wildman–Crippen MR) is 57.1 cm³/mol. The Kier molecular flexibility index (Phi) is 4.20. The number of carbonyl (C=O) groups excluding carboxylic acids is 1. The number of carbonyl (C=O) groups is 1. The maximum atomic E-state index is 11.7. The van der Waals surface area contributed by atoms with Gasteiger partial charge in [0.1, 0.15) is 0 Å². The first-order valence-corrected chi connectivity index (χ1v) is 5.42. The molecule has 1 saturated heterocycles. The van der Waals surface area contributed by atoms with Gasteiger partial charge in [-0.3, -0.25) is 0 Å². The van der Waals surface area contributed by atoms with E-state index in [0.29, 0.717) is 12.6 Å². The van der Waals surface area contributed by atoms with Gasteiger partial charge in [0, 0.05) is 26.2 Å². The molecule has 0 bridgehead atoms. The summed E-state index contributed by atoms with van der Waals surface area (Å²) in [6.07, 6.45) is 3.10. The first-order valence-electron chi connectivity index (χ1n) is 5.42. The van der Waals surface area contributed by atoms with Crippen molar-refractivity contribution in [1.29, 1.82) is 0 Å². The van der Waals surface area contributed by atoms with E-state index >= 15 is 0 Å². The third-order valence-electron chi connectivity index (χ3n) is 2.81. The predicted octanol–water partition coefficient (Wildman–Crippen LogP) is 0.871. The fourth-order valence-corrected chi connectivity index (χ4v) is 1.99. The van der Waals surface area contributed by atoms with Gasteiger partial charge in [0.05, 0.1) is 0 Å². The maximum absolute atomic E-state index is 11.7. The van der Waals surface area contributed by atoms with Crippen molar-refractivity contribution < 1.29 is 4.79 Å². The van der Waals surface area contributed by atoms with Gasteiger partial charge in [0.25, 0.3) is 0 Å². The first-order chi connectivity index (χ1) is 6.70. The second-order valence-electron chi connectivity index (χ2n) is 3.92. The number of rotatable bonds is 5. The molecule has 0 saturated carbocycles. The number of hydrogen-bond acceptors (Lipinski definition) is 2. The smallest absolute Gasteiger partial charge is 0.320 e. The van der Waals surface area contributed by atoms with Crippen LogP contribution in [0, 0.1) is 0 Å². The summed E-state index contributed by atoms with van der Waals surface area (Å²) < 4.78 is 0. The first kappa shape index (κ1) is 11.3. The SMILES string of the molecule is CCCC(CCN)N1CCN(C)C1=O. The average Bonchev–Trinajstić information content (AvgIpc) is 2.48. The van der Waals surface area contributed by atoms with Crippen LogP contribution in [0.1, 0.15) is 26.2 Å². The lowest BCUT2D eigenvalue weighted by molar-refractivity contribution is 0.176. The second-order valence-corrected chi connectivity index (χ2v) is 3.92. The molecule has 0 aliphatic carbocycles. The summed E-state index contributed by atoms with van der Waals surface area (Å²) in [5, 5.41) is 0. The minimum Gasteiger partial charge on any atom is -0.330 e. The van der Waals surface area contributed by atoms with Crippen molar-refractivity contribution in [2.75, 3.05) is 26.7 Å². The maximum Gasteiger partial charge on any atom is 0.320 e. The van der Waals surface area contributed by atoms with Crippen LogP contribution in [0.4, 0.5) is 4.79 Å². The Balaban J connectivity index is 2.54. The van der Waals surface area contributed by atoms with Gasteiger partial charge in [-0.05, 0) is 19.4 Å². The fourth-order valence-electron chi connectivity index (χ4n) is 1.99. The summed E-state index contributed by atoms with van der Waals surface area (Å²) in [7, 11) is 1.85. The van der Waals surface area contributed by atoms with Gasteiger partial charge >= 0.3 is 6.03 Å². The van der Waals surface area contributed by atoms with Gasteiger partial charge in [0.15, 0.2) is 0 Å². The number of nitrogens with two attached hydrogens (primary N) is 1. The molecule has 0 aromatic carbocycles. The molecule has 0 spiro atoms. The van der Waals surface area contributed by atoms with E-state index < -0.39 is 0 Å². The highest BCUT2D eigenvalue weighted by molar-refractivity contribution is 5.76. The van der Waals surface area contributed by atoms with Gasteiger partial charge < -0.3 is 15.5 Å². The molecular formula is C10H21N3O. The standard InChI is InChI=1S/C10H21N3O/c1-3-4-9(5-6-11)13-8-7-12(2)10(13)14/h9H,3-8,11H2,1-2H3. The average molecular weight is 199 g/mol. The van der Waals surface area contributed by atoms with Crippen LogP contribution in [0.25, 0.3) is 0 Å². The molecule has 1 aliphatic heterocycles. The summed E-state index contributed by atoms with van der Waals surface area (Å²) in [6, 6.07) is 0.513. The molecule has 1 fully saturated rings. The second kappa shape index (κ2) is 5.20. The molecule has 4 nitrogen and oxygen atoms in total. The molecule has 0 aromatic heterocycles. The molecule has 1 rings (SSSR count). The summed E-state index contributed by atoms with van der Waals surface area (Å²) in [5.41, 5.74) is 5.56. The Hall–Kier alpha value is -0.770. The Morgan fingerprint density at radius 3 is 2.57 bits per heavy atom. The quantitative estimate of drug-likeness (QED) is 0.714. The molecular weight excluding hydrogens is 178 g/mol. The van der Waals surface area contributed by atoms with E-state index in [2.05, 4.69) is 6.92 Å². The zero-order chi connectivity index (χ0) is 10.6. The van der Waals surface area contributed by atoms with Gasteiger partial charge in [-0.25, -0.2) is 4.79 Å². The molecule has 14 heavy (non-hydrogen) atoms.